The highest BCUT2D eigenvalue weighted by molar-refractivity contribution is 7.13. The van der Waals surface area contributed by atoms with Crippen LogP contribution in [0.15, 0.2) is 0 Å². The van der Waals surface area contributed by atoms with Gasteiger partial charge < -0.3 is 13.9 Å². The van der Waals surface area contributed by atoms with Crippen LogP contribution in [0.3, 0.4) is 0 Å². The number of rotatable bonds is 8. The van der Waals surface area contributed by atoms with Gasteiger partial charge in [-0.1, -0.05) is 20.8 Å². The molecule has 7 nitrogen and oxygen atoms in total. The average Bonchev–Trinajstić information content (AvgIpc) is 2.88. The summed E-state index contributed by atoms with van der Waals surface area (Å²) in [5.74, 6) is 0.413. The number of amidine groups is 1. The molecule has 0 radical (unpaired) electrons. The number of nitrogens with zero attached hydrogens (tertiary/aromatic N) is 1. The molecule has 0 atom stereocenters. The Bertz CT molecular complexity index is 706. The van der Waals surface area contributed by atoms with Crippen molar-refractivity contribution in [3.63, 3.8) is 0 Å². The first-order valence-electron chi connectivity index (χ1n) is 9.95. The van der Waals surface area contributed by atoms with Gasteiger partial charge in [-0.15, -0.1) is 11.3 Å². The maximum absolute atomic E-state index is 11.8. The van der Waals surface area contributed by atoms with Gasteiger partial charge in [-0.25, -0.2) is 4.79 Å². The molecule has 0 unspecified atom stereocenters. The Balaban J connectivity index is 2.43. The Hall–Kier alpha value is -1.45. The first-order chi connectivity index (χ1) is 13.1. The molecule has 166 valence electrons. The van der Waals surface area contributed by atoms with Crippen molar-refractivity contribution in [1.29, 1.82) is 5.41 Å². The second-order valence-electron chi connectivity index (χ2n) is 9.55. The Morgan fingerprint density at radius 3 is 2.28 bits per heavy atom. The van der Waals surface area contributed by atoms with Crippen molar-refractivity contribution < 1.29 is 18.7 Å². The number of nitrogens with one attached hydrogen (secondary N) is 2. The van der Waals surface area contributed by atoms with E-state index < -0.39 is 20.0 Å². The van der Waals surface area contributed by atoms with Gasteiger partial charge >= 0.3 is 6.09 Å². The number of aromatic nitrogens is 1. The van der Waals surface area contributed by atoms with Crippen LogP contribution in [0.1, 0.15) is 64.3 Å². The molecule has 0 saturated carbocycles. The van der Waals surface area contributed by atoms with E-state index in [-0.39, 0.29) is 10.9 Å². The van der Waals surface area contributed by atoms with Crippen molar-refractivity contribution in [3.8, 4) is 5.88 Å². The second kappa shape index (κ2) is 10.0. The molecular formula is C20H37N3O4SSi. The fraction of sp³-hybridized carbons (Fsp3) is 0.750. The fourth-order valence-corrected chi connectivity index (χ4v) is 3.85. The van der Waals surface area contributed by atoms with Gasteiger partial charge in [0.2, 0.25) is 5.88 Å². The molecule has 1 aromatic heterocycles. The van der Waals surface area contributed by atoms with Gasteiger partial charge in [0.1, 0.15) is 5.60 Å². The van der Waals surface area contributed by atoms with Crippen LogP contribution in [-0.4, -0.2) is 44.0 Å². The van der Waals surface area contributed by atoms with E-state index in [1.807, 2.05) is 6.92 Å². The van der Waals surface area contributed by atoms with Crippen LogP contribution >= 0.6 is 11.3 Å². The summed E-state index contributed by atoms with van der Waals surface area (Å²) in [6.07, 6.45) is 1.13. The molecule has 0 spiro atoms. The first kappa shape index (κ1) is 25.6. The highest BCUT2D eigenvalue weighted by atomic mass is 32.1. The number of alkyl carbamates (subject to hydrolysis) is 1. The third-order valence-corrected chi connectivity index (χ3v) is 10.1. The summed E-state index contributed by atoms with van der Waals surface area (Å²) in [6, 6.07) is 0. The van der Waals surface area contributed by atoms with Gasteiger partial charge in [0, 0.05) is 6.61 Å². The van der Waals surface area contributed by atoms with Crippen molar-refractivity contribution >= 4 is 31.6 Å². The molecule has 9 heteroatoms. The molecule has 0 saturated heterocycles. The van der Waals surface area contributed by atoms with E-state index >= 15 is 0 Å². The number of hydrogen-bond acceptors (Lipinski definition) is 7. The van der Waals surface area contributed by atoms with E-state index in [4.69, 9.17) is 19.3 Å². The monoisotopic (exact) mass is 443 g/mol. The smallest absolute Gasteiger partial charge is 0.413 e. The molecule has 1 heterocycles. The van der Waals surface area contributed by atoms with Gasteiger partial charge in [0.05, 0.1) is 11.5 Å². The second-order valence-corrected chi connectivity index (χ2v) is 15.6. The molecule has 1 aromatic rings. The molecule has 29 heavy (non-hydrogen) atoms. The van der Waals surface area contributed by atoms with E-state index in [0.29, 0.717) is 17.5 Å². The van der Waals surface area contributed by atoms with Crippen molar-refractivity contribution in [1.82, 2.24) is 10.3 Å². The quantitative estimate of drug-likeness (QED) is 0.240. The SMILES string of the molecule is Cc1sc(C(=N)NC(=O)OC(C)(C)C)nc1OCCCCO[Si](C)(C)C(C)(C)C. The largest absolute Gasteiger partial charge is 0.477 e. The van der Waals surface area contributed by atoms with Crippen LogP contribution in [0.2, 0.25) is 18.1 Å². The van der Waals surface area contributed by atoms with Gasteiger partial charge in [-0.3, -0.25) is 10.7 Å². The number of unbranched alkanes of at least 4 members (excludes halogenated alkanes) is 1. The lowest BCUT2D eigenvalue weighted by Gasteiger charge is -2.36. The summed E-state index contributed by atoms with van der Waals surface area (Å²) >= 11 is 1.31. The number of thiazole rings is 1. The maximum Gasteiger partial charge on any atom is 0.413 e. The van der Waals surface area contributed by atoms with E-state index in [1.165, 1.54) is 11.3 Å². The predicted molar refractivity (Wildman–Crippen MR) is 121 cm³/mol. The third-order valence-electron chi connectivity index (χ3n) is 4.64. The van der Waals surface area contributed by atoms with Crippen molar-refractivity contribution in [3.05, 3.63) is 9.88 Å². The minimum Gasteiger partial charge on any atom is -0.477 e. The average molecular weight is 444 g/mol. The molecule has 0 aliphatic heterocycles. The summed E-state index contributed by atoms with van der Waals surface area (Å²) in [5.41, 5.74) is -0.619. The summed E-state index contributed by atoms with van der Waals surface area (Å²) in [4.78, 5) is 17.0. The Kier molecular flexibility index (Phi) is 8.85. The van der Waals surface area contributed by atoms with Crippen LogP contribution in [0.5, 0.6) is 5.88 Å². The van der Waals surface area contributed by atoms with Crippen LogP contribution < -0.4 is 10.1 Å². The summed E-state index contributed by atoms with van der Waals surface area (Å²) in [5, 5.41) is 11.0. The fourth-order valence-electron chi connectivity index (χ4n) is 2.00. The highest BCUT2D eigenvalue weighted by Crippen LogP contribution is 2.36. The molecule has 2 N–H and O–H groups in total. The predicted octanol–water partition coefficient (Wildman–Crippen LogP) is 5.48. The number of amides is 1. The minimum absolute atomic E-state index is 0.0926. The molecule has 1 amide bonds. The molecule has 1 rings (SSSR count). The number of hydrogen-bond donors (Lipinski definition) is 2. The zero-order valence-electron chi connectivity index (χ0n) is 19.3. The molecule has 0 fully saturated rings. The van der Waals surface area contributed by atoms with E-state index in [0.717, 1.165) is 24.3 Å². The minimum atomic E-state index is -1.70. The summed E-state index contributed by atoms with van der Waals surface area (Å²) in [6.45, 7) is 19.7. The first-order valence-corrected chi connectivity index (χ1v) is 13.7. The lowest BCUT2D eigenvalue weighted by atomic mass is 10.2. The maximum atomic E-state index is 11.8. The van der Waals surface area contributed by atoms with Crippen molar-refractivity contribution in [2.75, 3.05) is 13.2 Å². The summed E-state index contributed by atoms with van der Waals surface area (Å²) < 4.78 is 17.1. The van der Waals surface area contributed by atoms with Crippen LogP contribution in [0.25, 0.3) is 0 Å². The summed E-state index contributed by atoms with van der Waals surface area (Å²) in [7, 11) is -1.70. The lowest BCUT2D eigenvalue weighted by Crippen LogP contribution is -2.41. The molecule has 0 bridgehead atoms. The Morgan fingerprint density at radius 1 is 1.14 bits per heavy atom. The Morgan fingerprint density at radius 2 is 1.72 bits per heavy atom. The Labute approximate surface area is 180 Å². The van der Waals surface area contributed by atoms with E-state index in [2.05, 4.69) is 44.2 Å². The normalized spacial score (nSPS) is 12.6. The van der Waals surface area contributed by atoms with Gasteiger partial charge in [0.25, 0.3) is 0 Å². The molecular weight excluding hydrogens is 406 g/mol. The zero-order chi connectivity index (χ0) is 22.5. The van der Waals surface area contributed by atoms with Crippen LogP contribution in [0, 0.1) is 12.3 Å². The van der Waals surface area contributed by atoms with Gasteiger partial charge in [-0.05, 0) is 58.7 Å². The standard InChI is InChI=1S/C20H37N3O4SSi/c1-14-16(25-12-10-11-13-26-29(8,9)20(5,6)7)23-17(28-14)15(21)22-18(24)27-19(2,3)4/h10-13H2,1-9H3,(H2,21,22,24). The highest BCUT2D eigenvalue weighted by Gasteiger charge is 2.36. The number of carbonyl (C=O) groups is 1. The molecule has 0 aromatic carbocycles. The van der Waals surface area contributed by atoms with Crippen molar-refractivity contribution in [2.24, 2.45) is 0 Å². The van der Waals surface area contributed by atoms with E-state index in [1.54, 1.807) is 20.8 Å². The molecule has 0 aliphatic rings. The number of ether oxygens (including phenoxy) is 2. The lowest BCUT2D eigenvalue weighted by molar-refractivity contribution is 0.0563. The zero-order valence-corrected chi connectivity index (χ0v) is 21.1. The number of carbonyl (C=O) groups excluding carboxylic acids is 1. The van der Waals surface area contributed by atoms with Crippen LogP contribution in [0.4, 0.5) is 4.79 Å². The van der Waals surface area contributed by atoms with Crippen molar-refractivity contribution in [2.45, 2.75) is 85.0 Å². The number of aryl methyl sites for hydroxylation is 1. The van der Waals surface area contributed by atoms with Gasteiger partial charge in [-0.2, -0.15) is 4.98 Å². The van der Waals surface area contributed by atoms with E-state index in [9.17, 15) is 4.79 Å². The van der Waals surface area contributed by atoms with Crippen LogP contribution in [-0.2, 0) is 9.16 Å². The third kappa shape index (κ3) is 8.84. The molecule has 0 aliphatic carbocycles. The topological polar surface area (TPSA) is 93.5 Å². The van der Waals surface area contributed by atoms with Gasteiger partial charge in [0.15, 0.2) is 19.2 Å².